The summed E-state index contributed by atoms with van der Waals surface area (Å²) in [4.78, 5) is 26.9. The standard InChI is InChI=1S/C27H32N2O3/c1-19(30)29-15-13-27(14-16-29)18-21(23-10-4-5-12-25(23)32-27)17-26(31)28-24-11-6-8-20-7-2-3-9-22(20)24/h2-5,7,9-10,12,21,24H,6,8,11,13-18H2,1H3,(H,28,31)/t21-,24+/m1/s1. The number of piperidine rings is 1. The average molecular weight is 433 g/mol. The van der Waals surface area contributed by atoms with Crippen LogP contribution in [0.1, 0.15) is 74.1 Å². The topological polar surface area (TPSA) is 58.6 Å². The SMILES string of the molecule is CC(=O)N1CCC2(CC1)C[C@@H](CC(=O)N[C@H]1CCCc3ccccc31)c1ccccc1O2. The number of likely N-dealkylation sites (tertiary alicyclic amines) is 1. The van der Waals surface area contributed by atoms with Gasteiger partial charge in [0, 0.05) is 45.2 Å². The van der Waals surface area contributed by atoms with Gasteiger partial charge in [-0.25, -0.2) is 0 Å². The number of carbonyl (C=O) groups is 2. The summed E-state index contributed by atoms with van der Waals surface area (Å²) in [5.74, 6) is 1.27. The van der Waals surface area contributed by atoms with Gasteiger partial charge in [-0.3, -0.25) is 9.59 Å². The van der Waals surface area contributed by atoms with E-state index in [1.807, 2.05) is 23.1 Å². The lowest BCUT2D eigenvalue weighted by Crippen LogP contribution is -2.51. The van der Waals surface area contributed by atoms with E-state index in [0.29, 0.717) is 6.42 Å². The van der Waals surface area contributed by atoms with Gasteiger partial charge in [0.1, 0.15) is 11.4 Å². The second-order valence-corrected chi connectivity index (χ2v) is 9.65. The quantitative estimate of drug-likeness (QED) is 0.776. The molecule has 2 aromatic carbocycles. The first kappa shape index (κ1) is 21.0. The average Bonchev–Trinajstić information content (AvgIpc) is 2.79. The number of para-hydroxylation sites is 1. The molecule has 2 aromatic rings. The van der Waals surface area contributed by atoms with Crippen molar-refractivity contribution in [3.05, 3.63) is 65.2 Å². The number of carbonyl (C=O) groups excluding carboxylic acids is 2. The van der Waals surface area contributed by atoms with Crippen molar-refractivity contribution in [2.45, 2.75) is 69.4 Å². The monoisotopic (exact) mass is 432 g/mol. The molecular weight excluding hydrogens is 400 g/mol. The Balaban J connectivity index is 1.32. The number of amides is 2. The highest BCUT2D eigenvalue weighted by Crippen LogP contribution is 2.46. The maximum absolute atomic E-state index is 13.2. The second-order valence-electron chi connectivity index (χ2n) is 9.65. The van der Waals surface area contributed by atoms with E-state index in [0.717, 1.165) is 62.9 Å². The molecule has 0 bridgehead atoms. The highest BCUT2D eigenvalue weighted by atomic mass is 16.5. The summed E-state index contributed by atoms with van der Waals surface area (Å²) in [5, 5.41) is 3.33. The predicted octanol–water partition coefficient (Wildman–Crippen LogP) is 4.52. The molecule has 5 nitrogen and oxygen atoms in total. The first-order valence-electron chi connectivity index (χ1n) is 11.9. The summed E-state index contributed by atoms with van der Waals surface area (Å²) in [5.41, 5.74) is 3.47. The molecule has 1 spiro atoms. The summed E-state index contributed by atoms with van der Waals surface area (Å²) in [6.07, 6.45) is 6.12. The van der Waals surface area contributed by atoms with Gasteiger partial charge < -0.3 is 15.0 Å². The second kappa shape index (κ2) is 8.61. The van der Waals surface area contributed by atoms with E-state index in [9.17, 15) is 9.59 Å². The molecule has 1 fully saturated rings. The molecule has 32 heavy (non-hydrogen) atoms. The molecule has 0 unspecified atom stereocenters. The van der Waals surface area contributed by atoms with Crippen LogP contribution in [0, 0.1) is 0 Å². The smallest absolute Gasteiger partial charge is 0.221 e. The lowest BCUT2D eigenvalue weighted by atomic mass is 9.76. The van der Waals surface area contributed by atoms with Gasteiger partial charge in [-0.2, -0.15) is 0 Å². The van der Waals surface area contributed by atoms with Crippen LogP contribution in [-0.2, 0) is 16.0 Å². The van der Waals surface area contributed by atoms with Crippen molar-refractivity contribution >= 4 is 11.8 Å². The van der Waals surface area contributed by atoms with Crippen LogP contribution < -0.4 is 10.1 Å². The van der Waals surface area contributed by atoms with Crippen molar-refractivity contribution in [1.82, 2.24) is 10.2 Å². The molecule has 2 heterocycles. The van der Waals surface area contributed by atoms with Gasteiger partial charge in [-0.1, -0.05) is 42.5 Å². The molecule has 0 radical (unpaired) electrons. The summed E-state index contributed by atoms with van der Waals surface area (Å²) < 4.78 is 6.53. The van der Waals surface area contributed by atoms with Crippen LogP contribution in [0.3, 0.4) is 0 Å². The van der Waals surface area contributed by atoms with Gasteiger partial charge in [0.25, 0.3) is 0 Å². The van der Waals surface area contributed by atoms with Crippen molar-refractivity contribution in [1.29, 1.82) is 0 Å². The van der Waals surface area contributed by atoms with E-state index in [1.54, 1.807) is 6.92 Å². The molecule has 5 rings (SSSR count). The maximum Gasteiger partial charge on any atom is 0.221 e. The summed E-state index contributed by atoms with van der Waals surface area (Å²) in [6.45, 7) is 3.07. The van der Waals surface area contributed by atoms with Crippen LogP contribution in [0.5, 0.6) is 5.75 Å². The van der Waals surface area contributed by atoms with E-state index < -0.39 is 0 Å². The maximum atomic E-state index is 13.2. The van der Waals surface area contributed by atoms with Crippen molar-refractivity contribution in [2.24, 2.45) is 0 Å². The number of fused-ring (bicyclic) bond motifs is 2. The number of nitrogens with zero attached hydrogens (tertiary/aromatic N) is 1. The molecule has 1 saturated heterocycles. The highest BCUT2D eigenvalue weighted by molar-refractivity contribution is 5.78. The lowest BCUT2D eigenvalue weighted by Gasteiger charge is -2.46. The van der Waals surface area contributed by atoms with Gasteiger partial charge in [-0.15, -0.1) is 0 Å². The summed E-state index contributed by atoms with van der Waals surface area (Å²) in [6, 6.07) is 16.7. The highest BCUT2D eigenvalue weighted by Gasteiger charge is 2.44. The number of benzene rings is 2. The fraction of sp³-hybridized carbons (Fsp3) is 0.481. The predicted molar refractivity (Wildman–Crippen MR) is 124 cm³/mol. The molecule has 1 aliphatic carbocycles. The fourth-order valence-electron chi connectivity index (χ4n) is 5.84. The third kappa shape index (κ3) is 4.13. The molecule has 2 atom stereocenters. The number of rotatable bonds is 3. The van der Waals surface area contributed by atoms with E-state index in [1.165, 1.54) is 11.1 Å². The van der Waals surface area contributed by atoms with Gasteiger partial charge >= 0.3 is 0 Å². The van der Waals surface area contributed by atoms with Gasteiger partial charge in [0.05, 0.1) is 6.04 Å². The Kier molecular flexibility index (Phi) is 5.66. The van der Waals surface area contributed by atoms with Crippen LogP contribution in [0.15, 0.2) is 48.5 Å². The molecule has 1 N–H and O–H groups in total. The van der Waals surface area contributed by atoms with E-state index in [2.05, 4.69) is 35.6 Å². The van der Waals surface area contributed by atoms with Crippen LogP contribution in [-0.4, -0.2) is 35.4 Å². The largest absolute Gasteiger partial charge is 0.487 e. The Bertz CT molecular complexity index is 1010. The van der Waals surface area contributed by atoms with Crippen molar-refractivity contribution in [3.8, 4) is 5.75 Å². The number of ether oxygens (including phenoxy) is 1. The molecule has 0 saturated carbocycles. The Morgan fingerprint density at radius 2 is 1.78 bits per heavy atom. The Morgan fingerprint density at radius 1 is 1.06 bits per heavy atom. The molecule has 3 aliphatic rings. The molecular formula is C27H32N2O3. The van der Waals surface area contributed by atoms with E-state index in [4.69, 9.17) is 4.74 Å². The molecule has 0 aromatic heterocycles. The molecule has 5 heteroatoms. The first-order valence-corrected chi connectivity index (χ1v) is 11.9. The van der Waals surface area contributed by atoms with Gasteiger partial charge in [0.2, 0.25) is 11.8 Å². The van der Waals surface area contributed by atoms with Crippen molar-refractivity contribution < 1.29 is 14.3 Å². The minimum atomic E-state index is -0.289. The third-order valence-corrected chi connectivity index (χ3v) is 7.56. The minimum Gasteiger partial charge on any atom is -0.487 e. The first-order chi connectivity index (χ1) is 15.5. The number of hydrogen-bond acceptors (Lipinski definition) is 3. The minimum absolute atomic E-state index is 0.107. The normalized spacial score (nSPS) is 23.6. The fourth-order valence-corrected chi connectivity index (χ4v) is 5.84. The Morgan fingerprint density at radius 3 is 2.56 bits per heavy atom. The van der Waals surface area contributed by atoms with Gasteiger partial charge in [-0.05, 0) is 48.4 Å². The summed E-state index contributed by atoms with van der Waals surface area (Å²) >= 11 is 0. The third-order valence-electron chi connectivity index (χ3n) is 7.56. The molecule has 168 valence electrons. The molecule has 2 amide bonds. The Labute approximate surface area is 190 Å². The zero-order valence-electron chi connectivity index (χ0n) is 18.8. The molecule has 2 aliphatic heterocycles. The number of nitrogens with one attached hydrogen (secondary N) is 1. The zero-order chi connectivity index (χ0) is 22.1. The summed E-state index contributed by atoms with van der Waals surface area (Å²) in [7, 11) is 0. The van der Waals surface area contributed by atoms with Crippen molar-refractivity contribution in [3.63, 3.8) is 0 Å². The van der Waals surface area contributed by atoms with Crippen LogP contribution in [0.25, 0.3) is 0 Å². The van der Waals surface area contributed by atoms with Crippen LogP contribution in [0.4, 0.5) is 0 Å². The number of hydrogen-bond donors (Lipinski definition) is 1. The van der Waals surface area contributed by atoms with E-state index >= 15 is 0 Å². The van der Waals surface area contributed by atoms with Crippen LogP contribution in [0.2, 0.25) is 0 Å². The zero-order valence-corrected chi connectivity index (χ0v) is 18.8. The van der Waals surface area contributed by atoms with E-state index in [-0.39, 0.29) is 29.4 Å². The van der Waals surface area contributed by atoms with Crippen molar-refractivity contribution in [2.75, 3.05) is 13.1 Å². The number of aryl methyl sites for hydroxylation is 1. The lowest BCUT2D eigenvalue weighted by molar-refractivity contribution is -0.132. The Hall–Kier alpha value is -2.82. The van der Waals surface area contributed by atoms with Crippen LogP contribution >= 0.6 is 0 Å². The van der Waals surface area contributed by atoms with Gasteiger partial charge in [0.15, 0.2) is 0 Å².